The van der Waals surface area contributed by atoms with Crippen molar-refractivity contribution in [3.05, 3.63) is 0 Å². The van der Waals surface area contributed by atoms with Crippen LogP contribution >= 0.6 is 7.60 Å². The first-order valence-corrected chi connectivity index (χ1v) is 6.82. The Morgan fingerprint density at radius 1 is 1.18 bits per heavy atom. The molecule has 0 aliphatic carbocycles. The maximum Gasteiger partial charge on any atom is 0.356 e. The van der Waals surface area contributed by atoms with Crippen molar-refractivity contribution < 1.29 is 28.0 Å². The highest BCUT2D eigenvalue weighted by molar-refractivity contribution is 7.55. The first-order chi connectivity index (χ1) is 8.02. The topological polar surface area (TPSA) is 83.4 Å². The van der Waals surface area contributed by atoms with Crippen LogP contribution in [0.15, 0.2) is 5.16 Å². The lowest BCUT2D eigenvalue weighted by Crippen LogP contribution is -2.21. The van der Waals surface area contributed by atoms with Gasteiger partial charge < -0.3 is 18.6 Å². The molecule has 0 N–H and O–H groups in total. The molecule has 0 aromatic heterocycles. The van der Waals surface area contributed by atoms with E-state index in [4.69, 9.17) is 9.05 Å². The molecule has 0 radical (unpaired) electrons. The molecular weight excluding hydrogens is 249 g/mol. The van der Waals surface area contributed by atoms with Crippen LogP contribution < -0.4 is 0 Å². The summed E-state index contributed by atoms with van der Waals surface area (Å²) in [6, 6.07) is 0. The van der Waals surface area contributed by atoms with Crippen LogP contribution in [0, 0.1) is 0 Å². The lowest BCUT2D eigenvalue weighted by molar-refractivity contribution is -0.132. The van der Waals surface area contributed by atoms with Crippen molar-refractivity contribution in [1.29, 1.82) is 0 Å². The van der Waals surface area contributed by atoms with Gasteiger partial charge in [-0.2, -0.15) is 0 Å². The Morgan fingerprint density at radius 2 is 1.71 bits per heavy atom. The monoisotopic (exact) mass is 267 g/mol. The molecule has 0 aromatic rings. The number of ether oxygens (including phenoxy) is 1. The molecule has 100 valence electrons. The minimum Gasteiger partial charge on any atom is -0.464 e. The van der Waals surface area contributed by atoms with Crippen LogP contribution in [0.4, 0.5) is 0 Å². The molecule has 0 atom stereocenters. The summed E-state index contributed by atoms with van der Waals surface area (Å²) in [7, 11) is -0.917. The SMILES string of the molecule is CCOP(=O)(CC(=NOC)C(=O)OC)OCC. The van der Waals surface area contributed by atoms with Crippen LogP contribution in [0.5, 0.6) is 0 Å². The van der Waals surface area contributed by atoms with Crippen LogP contribution in [0.25, 0.3) is 0 Å². The normalized spacial score (nSPS) is 12.4. The van der Waals surface area contributed by atoms with E-state index < -0.39 is 13.6 Å². The molecule has 0 aliphatic rings. The van der Waals surface area contributed by atoms with Crippen LogP contribution in [-0.4, -0.2) is 45.3 Å². The molecule has 0 saturated carbocycles. The maximum absolute atomic E-state index is 12.1. The fourth-order valence-corrected chi connectivity index (χ4v) is 2.66. The van der Waals surface area contributed by atoms with Crippen molar-refractivity contribution in [2.75, 3.05) is 33.6 Å². The second-order valence-electron chi connectivity index (χ2n) is 2.82. The predicted molar refractivity (Wildman–Crippen MR) is 62.2 cm³/mol. The number of rotatable bonds is 8. The zero-order valence-electron chi connectivity index (χ0n) is 10.5. The Labute approximate surface area is 101 Å². The van der Waals surface area contributed by atoms with Crippen LogP contribution in [0.1, 0.15) is 13.8 Å². The van der Waals surface area contributed by atoms with E-state index in [0.29, 0.717) is 0 Å². The Kier molecular flexibility index (Phi) is 7.78. The number of carbonyl (C=O) groups excluding carboxylic acids is 1. The Morgan fingerprint density at radius 3 is 2.06 bits per heavy atom. The second kappa shape index (κ2) is 8.22. The van der Waals surface area contributed by atoms with Gasteiger partial charge in [-0.15, -0.1) is 0 Å². The summed E-state index contributed by atoms with van der Waals surface area (Å²) in [4.78, 5) is 15.8. The maximum atomic E-state index is 12.1. The second-order valence-corrected chi connectivity index (χ2v) is 4.87. The highest BCUT2D eigenvalue weighted by atomic mass is 31.2. The standard InChI is InChI=1S/C9H18NO6P/c1-5-15-17(12,16-6-2)7-8(10-14-4)9(11)13-3/h5-7H2,1-4H3. The molecule has 8 heteroatoms. The molecule has 17 heavy (non-hydrogen) atoms. The fraction of sp³-hybridized carbons (Fsp3) is 0.778. The van der Waals surface area contributed by atoms with Crippen LogP contribution in [0.2, 0.25) is 0 Å². The quantitative estimate of drug-likeness (QED) is 0.286. The summed E-state index contributed by atoms with van der Waals surface area (Å²) >= 11 is 0. The lowest BCUT2D eigenvalue weighted by atomic mass is 10.4. The Balaban J connectivity index is 4.86. The number of hydrogen-bond donors (Lipinski definition) is 0. The molecule has 0 rings (SSSR count). The third-order valence-electron chi connectivity index (χ3n) is 1.62. The smallest absolute Gasteiger partial charge is 0.356 e. The van der Waals surface area contributed by atoms with Crippen molar-refractivity contribution in [2.24, 2.45) is 5.16 Å². The third-order valence-corrected chi connectivity index (χ3v) is 3.61. The molecule has 0 heterocycles. The molecule has 0 bridgehead atoms. The van der Waals surface area contributed by atoms with E-state index in [-0.39, 0.29) is 25.1 Å². The van der Waals surface area contributed by atoms with E-state index in [2.05, 4.69) is 14.7 Å². The average Bonchev–Trinajstić information content (AvgIpc) is 2.28. The lowest BCUT2D eigenvalue weighted by Gasteiger charge is -2.16. The van der Waals surface area contributed by atoms with Crippen molar-refractivity contribution in [3.8, 4) is 0 Å². The van der Waals surface area contributed by atoms with E-state index in [1.54, 1.807) is 13.8 Å². The van der Waals surface area contributed by atoms with Gasteiger partial charge in [-0.25, -0.2) is 4.79 Å². The van der Waals surface area contributed by atoms with E-state index in [0.717, 1.165) is 0 Å². The van der Waals surface area contributed by atoms with Gasteiger partial charge in [-0.3, -0.25) is 4.57 Å². The van der Waals surface area contributed by atoms with Crippen molar-refractivity contribution in [3.63, 3.8) is 0 Å². The van der Waals surface area contributed by atoms with Crippen molar-refractivity contribution in [1.82, 2.24) is 0 Å². The van der Waals surface area contributed by atoms with Crippen molar-refractivity contribution >= 4 is 19.3 Å². The highest BCUT2D eigenvalue weighted by Gasteiger charge is 2.30. The van der Waals surface area contributed by atoms with E-state index >= 15 is 0 Å². The van der Waals surface area contributed by atoms with Crippen molar-refractivity contribution in [2.45, 2.75) is 13.8 Å². The molecular formula is C9H18NO6P. The minimum absolute atomic E-state index is 0.139. The highest BCUT2D eigenvalue weighted by Crippen LogP contribution is 2.47. The summed E-state index contributed by atoms with van der Waals surface area (Å²) in [6.07, 6.45) is -0.283. The van der Waals surface area contributed by atoms with Gasteiger partial charge in [0.2, 0.25) is 0 Å². The zero-order valence-corrected chi connectivity index (χ0v) is 11.4. The van der Waals surface area contributed by atoms with E-state index in [9.17, 15) is 9.36 Å². The van der Waals surface area contributed by atoms with Gasteiger partial charge in [-0.05, 0) is 13.8 Å². The van der Waals surface area contributed by atoms with Gasteiger partial charge in [-0.1, -0.05) is 5.16 Å². The van der Waals surface area contributed by atoms with Gasteiger partial charge in [0.05, 0.1) is 20.3 Å². The molecule has 0 unspecified atom stereocenters. The largest absolute Gasteiger partial charge is 0.464 e. The Bertz CT molecular complexity index is 307. The molecule has 0 saturated heterocycles. The van der Waals surface area contributed by atoms with Gasteiger partial charge in [0.25, 0.3) is 0 Å². The number of nitrogens with zero attached hydrogens (tertiary/aromatic N) is 1. The van der Waals surface area contributed by atoms with Crippen LogP contribution in [0.3, 0.4) is 0 Å². The fourth-order valence-electron chi connectivity index (χ4n) is 1.06. The Hall–Kier alpha value is -0.910. The van der Waals surface area contributed by atoms with Gasteiger partial charge in [0.15, 0.2) is 5.71 Å². The average molecular weight is 267 g/mol. The molecule has 0 amide bonds. The first-order valence-electron chi connectivity index (χ1n) is 5.09. The zero-order chi connectivity index (χ0) is 13.3. The molecule has 7 nitrogen and oxygen atoms in total. The van der Waals surface area contributed by atoms with E-state index in [1.165, 1.54) is 14.2 Å². The number of oxime groups is 1. The summed E-state index contributed by atoms with van der Waals surface area (Å²) in [5.41, 5.74) is -0.139. The van der Waals surface area contributed by atoms with Gasteiger partial charge in [0, 0.05) is 0 Å². The minimum atomic E-state index is -3.38. The van der Waals surface area contributed by atoms with Gasteiger partial charge in [0.1, 0.15) is 13.3 Å². The van der Waals surface area contributed by atoms with E-state index in [1.807, 2.05) is 0 Å². The molecule has 0 aliphatic heterocycles. The number of esters is 1. The summed E-state index contributed by atoms with van der Waals surface area (Å²) in [6.45, 7) is 3.77. The number of methoxy groups -OCH3 is 1. The molecule has 0 fully saturated rings. The summed E-state index contributed by atoms with van der Waals surface area (Å²) < 4.78 is 26.7. The predicted octanol–water partition coefficient (Wildman–Crippen LogP) is 1.43. The molecule has 0 spiro atoms. The molecule has 0 aromatic carbocycles. The first kappa shape index (κ1) is 16.1. The number of hydrogen-bond acceptors (Lipinski definition) is 7. The third kappa shape index (κ3) is 5.81. The number of carbonyl (C=O) groups is 1. The van der Waals surface area contributed by atoms with Gasteiger partial charge >= 0.3 is 13.6 Å². The summed E-state index contributed by atoms with van der Waals surface area (Å²) in [5, 5.41) is 3.45. The summed E-state index contributed by atoms with van der Waals surface area (Å²) in [5.74, 6) is -0.730. The van der Waals surface area contributed by atoms with Crippen LogP contribution in [-0.2, 0) is 28.0 Å².